The number of rotatable bonds is 12. The average molecular weight is 501 g/mol. The van der Waals surface area contributed by atoms with Crippen LogP contribution in [0.2, 0.25) is 0 Å². The second-order valence-corrected chi connectivity index (χ2v) is 8.92. The van der Waals surface area contributed by atoms with Crippen LogP contribution in [0.5, 0.6) is 0 Å². The summed E-state index contributed by atoms with van der Waals surface area (Å²) >= 11 is 0. The first-order valence-electron chi connectivity index (χ1n) is 12.4. The molecule has 6 N–H and O–H groups in total. The highest BCUT2D eigenvalue weighted by atomic mass is 16.3. The molecule has 0 bridgehead atoms. The number of benzene rings is 2. The molecule has 2 amide bonds. The maximum absolute atomic E-state index is 12.9. The zero-order valence-electron chi connectivity index (χ0n) is 20.6. The van der Waals surface area contributed by atoms with E-state index < -0.39 is 18.0 Å². The van der Waals surface area contributed by atoms with E-state index >= 15 is 0 Å². The number of nitrogens with zero attached hydrogens (tertiary/aromatic N) is 2. The normalized spacial score (nSPS) is 12.7. The Morgan fingerprint density at radius 3 is 2.59 bits per heavy atom. The molecule has 0 aliphatic heterocycles. The summed E-state index contributed by atoms with van der Waals surface area (Å²) in [6, 6.07) is 18.2. The number of hydrogen-bond acceptors (Lipinski definition) is 7. The summed E-state index contributed by atoms with van der Waals surface area (Å²) in [6.45, 7) is 0.560. The lowest BCUT2D eigenvalue weighted by atomic mass is 10.0. The van der Waals surface area contributed by atoms with Gasteiger partial charge in [0.05, 0.1) is 23.4 Å². The number of carbonyl (C=O) groups excluding carboxylic acids is 2. The van der Waals surface area contributed by atoms with E-state index in [2.05, 4.69) is 20.6 Å². The smallest absolute Gasteiger partial charge is 0.277 e. The van der Waals surface area contributed by atoms with Gasteiger partial charge in [0.25, 0.3) is 5.91 Å². The molecule has 0 saturated heterocycles. The van der Waals surface area contributed by atoms with Crippen LogP contribution in [0.3, 0.4) is 0 Å². The molecule has 2 aromatic carbocycles. The van der Waals surface area contributed by atoms with E-state index in [1.165, 1.54) is 6.26 Å². The van der Waals surface area contributed by atoms with Gasteiger partial charge in [0.2, 0.25) is 11.8 Å². The van der Waals surface area contributed by atoms with E-state index in [1.807, 2.05) is 60.7 Å². The van der Waals surface area contributed by atoms with Crippen LogP contribution in [-0.2, 0) is 11.2 Å². The van der Waals surface area contributed by atoms with Crippen LogP contribution in [0.1, 0.15) is 53.7 Å². The number of pyridine rings is 1. The summed E-state index contributed by atoms with van der Waals surface area (Å²) in [5.41, 5.74) is 14.2. The third-order valence-corrected chi connectivity index (χ3v) is 6.09. The Bertz CT molecular complexity index is 1320. The quantitative estimate of drug-likeness (QED) is 0.217. The first-order chi connectivity index (χ1) is 18.0. The van der Waals surface area contributed by atoms with E-state index in [0.717, 1.165) is 29.3 Å². The molecule has 2 heterocycles. The van der Waals surface area contributed by atoms with Crippen molar-refractivity contribution in [2.75, 3.05) is 11.9 Å². The Balaban J connectivity index is 1.46. The van der Waals surface area contributed by atoms with Gasteiger partial charge < -0.3 is 26.5 Å². The molecule has 4 rings (SSSR count). The molecule has 192 valence electrons. The van der Waals surface area contributed by atoms with Crippen molar-refractivity contribution in [1.29, 1.82) is 0 Å². The first kappa shape index (κ1) is 26.0. The van der Waals surface area contributed by atoms with Gasteiger partial charge in [0, 0.05) is 5.39 Å². The fraction of sp³-hybridized carbons (Fsp3) is 0.286. The zero-order valence-corrected chi connectivity index (χ0v) is 20.6. The van der Waals surface area contributed by atoms with Crippen molar-refractivity contribution in [3.63, 3.8) is 0 Å². The van der Waals surface area contributed by atoms with Gasteiger partial charge in [0.1, 0.15) is 12.3 Å². The van der Waals surface area contributed by atoms with E-state index in [4.69, 9.17) is 15.9 Å². The molecular weight excluding hydrogens is 468 g/mol. The number of aryl methyl sites for hydroxylation is 1. The van der Waals surface area contributed by atoms with Crippen molar-refractivity contribution >= 4 is 28.4 Å². The SMILES string of the molecule is NCCCC[C@@H](N)C(=O)N[C@H](CCc1ccccc1)c1nc(C(=O)Nc2cnc3ccccc3c2)co1. The Kier molecular flexibility index (Phi) is 8.96. The van der Waals surface area contributed by atoms with Gasteiger partial charge in [-0.3, -0.25) is 14.6 Å². The van der Waals surface area contributed by atoms with Crippen LogP contribution in [0, 0.1) is 0 Å². The predicted octanol–water partition coefficient (Wildman–Crippen LogP) is 3.72. The van der Waals surface area contributed by atoms with E-state index in [0.29, 0.717) is 31.5 Å². The molecule has 2 atom stereocenters. The Morgan fingerprint density at radius 1 is 1.00 bits per heavy atom. The lowest BCUT2D eigenvalue weighted by Gasteiger charge is -2.19. The molecule has 9 heteroatoms. The standard InChI is InChI=1S/C28H32N6O3/c29-15-7-6-11-22(30)26(35)33-24(14-13-19-8-2-1-3-9-19)28-34-25(18-37-28)27(36)32-21-16-20-10-4-5-12-23(20)31-17-21/h1-5,8-10,12,16-18,22,24H,6-7,11,13-15,29-30H2,(H,32,36)(H,33,35)/t22-,24-/m1/s1. The third kappa shape index (κ3) is 7.22. The van der Waals surface area contributed by atoms with Crippen molar-refractivity contribution < 1.29 is 14.0 Å². The average Bonchev–Trinajstić information content (AvgIpc) is 3.42. The van der Waals surface area contributed by atoms with Crippen molar-refractivity contribution in [3.05, 3.63) is 90.3 Å². The second kappa shape index (κ2) is 12.8. The number of anilines is 1. The minimum atomic E-state index is -0.663. The van der Waals surface area contributed by atoms with Gasteiger partial charge in [-0.25, -0.2) is 4.98 Å². The summed E-state index contributed by atoms with van der Waals surface area (Å²) in [4.78, 5) is 34.4. The summed E-state index contributed by atoms with van der Waals surface area (Å²) in [5, 5.41) is 6.68. The van der Waals surface area contributed by atoms with Crippen molar-refractivity contribution in [1.82, 2.24) is 15.3 Å². The minimum absolute atomic E-state index is 0.106. The molecule has 4 aromatic rings. The monoisotopic (exact) mass is 500 g/mol. The fourth-order valence-electron chi connectivity index (χ4n) is 4.02. The zero-order chi connectivity index (χ0) is 26.0. The highest BCUT2D eigenvalue weighted by Gasteiger charge is 2.24. The predicted molar refractivity (Wildman–Crippen MR) is 143 cm³/mol. The highest BCUT2D eigenvalue weighted by Crippen LogP contribution is 2.21. The van der Waals surface area contributed by atoms with Gasteiger partial charge in [-0.05, 0) is 49.9 Å². The van der Waals surface area contributed by atoms with Gasteiger partial charge in [-0.2, -0.15) is 0 Å². The molecule has 0 saturated carbocycles. The number of para-hydroxylation sites is 1. The third-order valence-electron chi connectivity index (χ3n) is 6.09. The molecular formula is C28H32N6O3. The van der Waals surface area contributed by atoms with E-state index in [-0.39, 0.29) is 17.5 Å². The Labute approximate surface area is 215 Å². The fourth-order valence-corrected chi connectivity index (χ4v) is 4.02. The minimum Gasteiger partial charge on any atom is -0.446 e. The van der Waals surface area contributed by atoms with E-state index in [9.17, 15) is 9.59 Å². The lowest BCUT2D eigenvalue weighted by Crippen LogP contribution is -2.42. The number of unbranched alkanes of at least 4 members (excludes halogenated alkanes) is 1. The van der Waals surface area contributed by atoms with Crippen LogP contribution in [-0.4, -0.2) is 34.4 Å². The molecule has 9 nitrogen and oxygen atoms in total. The van der Waals surface area contributed by atoms with Crippen LogP contribution >= 0.6 is 0 Å². The van der Waals surface area contributed by atoms with Crippen molar-refractivity contribution in [3.8, 4) is 0 Å². The summed E-state index contributed by atoms with van der Waals surface area (Å²) in [7, 11) is 0. The molecule has 0 spiro atoms. The van der Waals surface area contributed by atoms with Crippen LogP contribution < -0.4 is 22.1 Å². The molecule has 37 heavy (non-hydrogen) atoms. The summed E-state index contributed by atoms with van der Waals surface area (Å²) in [6.07, 6.45) is 6.21. The van der Waals surface area contributed by atoms with Gasteiger partial charge >= 0.3 is 0 Å². The van der Waals surface area contributed by atoms with Crippen molar-refractivity contribution in [2.24, 2.45) is 11.5 Å². The summed E-state index contributed by atoms with van der Waals surface area (Å²) in [5.74, 6) is -0.472. The number of carbonyl (C=O) groups is 2. The number of hydrogen-bond donors (Lipinski definition) is 4. The van der Waals surface area contributed by atoms with Gasteiger partial charge in [-0.1, -0.05) is 55.0 Å². The number of fused-ring (bicyclic) bond motifs is 1. The Hall–Kier alpha value is -4.08. The lowest BCUT2D eigenvalue weighted by molar-refractivity contribution is -0.123. The number of aromatic nitrogens is 2. The maximum Gasteiger partial charge on any atom is 0.277 e. The van der Waals surface area contributed by atoms with Crippen LogP contribution in [0.25, 0.3) is 10.9 Å². The number of nitrogens with one attached hydrogen (secondary N) is 2. The molecule has 0 aliphatic carbocycles. The topological polar surface area (TPSA) is 149 Å². The molecule has 0 unspecified atom stereocenters. The molecule has 0 radical (unpaired) electrons. The highest BCUT2D eigenvalue weighted by molar-refractivity contribution is 6.03. The number of nitrogens with two attached hydrogens (primary N) is 2. The number of oxazole rings is 1. The number of amides is 2. The summed E-state index contributed by atoms with van der Waals surface area (Å²) < 4.78 is 5.66. The molecule has 2 aromatic heterocycles. The van der Waals surface area contributed by atoms with Gasteiger partial charge in [0.15, 0.2) is 5.69 Å². The maximum atomic E-state index is 12.9. The van der Waals surface area contributed by atoms with Gasteiger partial charge in [-0.15, -0.1) is 0 Å². The van der Waals surface area contributed by atoms with Crippen molar-refractivity contribution in [2.45, 2.75) is 44.2 Å². The molecule has 0 fully saturated rings. The van der Waals surface area contributed by atoms with E-state index in [1.54, 1.807) is 6.20 Å². The van der Waals surface area contributed by atoms with Crippen LogP contribution in [0.15, 0.2) is 77.5 Å². The largest absolute Gasteiger partial charge is 0.446 e. The second-order valence-electron chi connectivity index (χ2n) is 8.92. The van der Waals surface area contributed by atoms with Crippen LogP contribution in [0.4, 0.5) is 5.69 Å². The first-order valence-corrected chi connectivity index (χ1v) is 12.4. The molecule has 0 aliphatic rings. The Morgan fingerprint density at radius 2 is 1.78 bits per heavy atom.